The number of hydrogen-bond donors (Lipinski definition) is 1. The lowest BCUT2D eigenvalue weighted by molar-refractivity contribution is -0.142. The molecule has 0 amide bonds. The average molecular weight is 253 g/mol. The largest absolute Gasteiger partial charge is 0.480 e. The van der Waals surface area contributed by atoms with Crippen LogP contribution in [-0.4, -0.2) is 53.1 Å². The molecule has 0 saturated carbocycles. The number of carbonyl (C=O) groups is 1. The number of sulfonamides is 1. The van der Waals surface area contributed by atoms with E-state index in [1.165, 1.54) is 11.8 Å². The Hall–Kier alpha value is -0.270. The number of carboxylic acids is 1. The van der Waals surface area contributed by atoms with E-state index in [1.54, 1.807) is 13.8 Å². The van der Waals surface area contributed by atoms with Crippen molar-refractivity contribution in [2.75, 3.05) is 18.6 Å². The fraction of sp³-hybridized carbons (Fsp3) is 0.875. The van der Waals surface area contributed by atoms with Crippen LogP contribution in [0.4, 0.5) is 0 Å². The zero-order valence-electron chi connectivity index (χ0n) is 8.93. The number of carboxylic acid groups (broad SMARTS) is 1. The molecule has 1 rings (SSSR count). The Bertz CT molecular complexity index is 363. The van der Waals surface area contributed by atoms with E-state index in [0.717, 1.165) is 10.6 Å². The van der Waals surface area contributed by atoms with Gasteiger partial charge in [0.1, 0.15) is 6.04 Å². The van der Waals surface area contributed by atoms with Crippen LogP contribution in [0.25, 0.3) is 0 Å². The van der Waals surface area contributed by atoms with Crippen molar-refractivity contribution in [1.29, 1.82) is 0 Å². The smallest absolute Gasteiger partial charge is 0.323 e. The minimum Gasteiger partial charge on any atom is -0.480 e. The van der Waals surface area contributed by atoms with Gasteiger partial charge in [0, 0.05) is 17.0 Å². The summed E-state index contributed by atoms with van der Waals surface area (Å²) in [5.74, 6) is -0.457. The van der Waals surface area contributed by atoms with Gasteiger partial charge in [-0.15, -0.1) is 0 Å². The normalized spacial score (nSPS) is 27.5. The summed E-state index contributed by atoms with van der Waals surface area (Å²) in [7, 11) is -3.45. The van der Waals surface area contributed by atoms with Crippen LogP contribution in [0.5, 0.6) is 0 Å². The fourth-order valence-electron chi connectivity index (χ4n) is 1.73. The van der Waals surface area contributed by atoms with Crippen LogP contribution in [0.3, 0.4) is 0 Å². The molecular weight excluding hydrogens is 238 g/mol. The second-order valence-electron chi connectivity index (χ2n) is 4.07. The lowest BCUT2D eigenvalue weighted by Gasteiger charge is -2.41. The monoisotopic (exact) mass is 253 g/mol. The summed E-state index contributed by atoms with van der Waals surface area (Å²) in [5, 5.41) is 9.09. The SMILES string of the molecule is CC1(C)SCCN(S(C)(=O)=O)C1C(=O)O. The van der Waals surface area contributed by atoms with Gasteiger partial charge in [-0.25, -0.2) is 8.42 Å². The van der Waals surface area contributed by atoms with Crippen LogP contribution in [0, 0.1) is 0 Å². The molecule has 1 aliphatic heterocycles. The summed E-state index contributed by atoms with van der Waals surface area (Å²) in [6, 6.07) is -0.980. The Balaban J connectivity index is 3.12. The van der Waals surface area contributed by atoms with Crippen molar-refractivity contribution >= 4 is 27.8 Å². The molecule has 5 nitrogen and oxygen atoms in total. The van der Waals surface area contributed by atoms with Gasteiger partial charge in [-0.3, -0.25) is 4.79 Å². The van der Waals surface area contributed by atoms with Gasteiger partial charge < -0.3 is 5.11 Å². The molecule has 1 aliphatic rings. The first-order valence-electron chi connectivity index (χ1n) is 4.50. The predicted molar refractivity (Wildman–Crippen MR) is 59.5 cm³/mol. The van der Waals surface area contributed by atoms with Crippen molar-refractivity contribution in [3.8, 4) is 0 Å². The van der Waals surface area contributed by atoms with Crippen molar-refractivity contribution in [1.82, 2.24) is 4.31 Å². The molecule has 0 radical (unpaired) electrons. The third kappa shape index (κ3) is 2.64. The van der Waals surface area contributed by atoms with E-state index in [4.69, 9.17) is 5.11 Å². The molecule has 1 saturated heterocycles. The van der Waals surface area contributed by atoms with Crippen molar-refractivity contribution in [2.24, 2.45) is 0 Å². The standard InChI is InChI=1S/C8H15NO4S2/c1-8(2)6(7(10)11)9(4-5-14-8)15(3,12)13/h6H,4-5H2,1-3H3,(H,10,11). The number of aliphatic carboxylic acids is 1. The second kappa shape index (κ2) is 3.95. The van der Waals surface area contributed by atoms with Crippen molar-refractivity contribution in [3.05, 3.63) is 0 Å². The Kier molecular flexibility index (Phi) is 3.37. The first-order chi connectivity index (χ1) is 6.66. The number of thioether (sulfide) groups is 1. The lowest BCUT2D eigenvalue weighted by atomic mass is 10.0. The summed E-state index contributed by atoms with van der Waals surface area (Å²) in [5.41, 5.74) is 0. The topological polar surface area (TPSA) is 74.7 Å². The average Bonchev–Trinajstić information content (AvgIpc) is 1.99. The van der Waals surface area contributed by atoms with E-state index in [0.29, 0.717) is 5.75 Å². The van der Waals surface area contributed by atoms with Crippen LogP contribution in [0.1, 0.15) is 13.8 Å². The molecule has 1 fully saturated rings. The minimum atomic E-state index is -3.45. The molecule has 1 N–H and O–H groups in total. The highest BCUT2D eigenvalue weighted by Gasteiger charge is 2.46. The molecule has 0 aromatic rings. The Labute approximate surface area is 93.9 Å². The van der Waals surface area contributed by atoms with Crippen LogP contribution in [0.2, 0.25) is 0 Å². The quantitative estimate of drug-likeness (QED) is 0.762. The van der Waals surface area contributed by atoms with E-state index >= 15 is 0 Å². The molecule has 15 heavy (non-hydrogen) atoms. The maximum atomic E-state index is 11.4. The molecule has 0 aromatic carbocycles. The molecule has 88 valence electrons. The Morgan fingerprint density at radius 1 is 1.53 bits per heavy atom. The second-order valence-corrected chi connectivity index (χ2v) is 7.75. The van der Waals surface area contributed by atoms with Crippen LogP contribution >= 0.6 is 11.8 Å². The van der Waals surface area contributed by atoms with E-state index in [2.05, 4.69) is 0 Å². The van der Waals surface area contributed by atoms with Crippen LogP contribution in [0.15, 0.2) is 0 Å². The summed E-state index contributed by atoms with van der Waals surface area (Å²) >= 11 is 1.49. The molecule has 1 unspecified atom stereocenters. The van der Waals surface area contributed by atoms with E-state index in [-0.39, 0.29) is 6.54 Å². The molecule has 1 atom stereocenters. The van der Waals surface area contributed by atoms with Gasteiger partial charge in [0.2, 0.25) is 10.0 Å². The van der Waals surface area contributed by atoms with E-state index < -0.39 is 26.8 Å². The highest BCUT2D eigenvalue weighted by molar-refractivity contribution is 8.00. The molecule has 0 bridgehead atoms. The summed E-state index contributed by atoms with van der Waals surface area (Å²) < 4.78 is 23.4. The number of hydrogen-bond acceptors (Lipinski definition) is 4. The van der Waals surface area contributed by atoms with Gasteiger partial charge in [0.15, 0.2) is 0 Å². The maximum absolute atomic E-state index is 11.4. The highest BCUT2D eigenvalue weighted by Crippen LogP contribution is 2.36. The molecule has 0 aromatic heterocycles. The van der Waals surface area contributed by atoms with Gasteiger partial charge in [0.25, 0.3) is 0 Å². The van der Waals surface area contributed by atoms with Crippen LogP contribution in [-0.2, 0) is 14.8 Å². The number of rotatable bonds is 2. The molecule has 1 heterocycles. The zero-order chi connectivity index (χ0) is 11.9. The summed E-state index contributed by atoms with van der Waals surface area (Å²) in [4.78, 5) is 11.1. The predicted octanol–water partition coefficient (Wildman–Crippen LogP) is 0.227. The van der Waals surface area contributed by atoms with E-state index in [1.807, 2.05) is 0 Å². The van der Waals surface area contributed by atoms with Gasteiger partial charge in [0.05, 0.1) is 6.26 Å². The van der Waals surface area contributed by atoms with Crippen molar-refractivity contribution in [2.45, 2.75) is 24.6 Å². The third-order valence-electron chi connectivity index (χ3n) is 2.39. The number of nitrogens with zero attached hydrogens (tertiary/aromatic N) is 1. The zero-order valence-corrected chi connectivity index (χ0v) is 10.6. The van der Waals surface area contributed by atoms with Gasteiger partial charge in [-0.1, -0.05) is 0 Å². The van der Waals surface area contributed by atoms with Crippen molar-refractivity contribution < 1.29 is 18.3 Å². The lowest BCUT2D eigenvalue weighted by Crippen LogP contribution is -2.58. The van der Waals surface area contributed by atoms with Gasteiger partial charge in [-0.2, -0.15) is 16.1 Å². The van der Waals surface area contributed by atoms with Gasteiger partial charge in [-0.05, 0) is 13.8 Å². The first-order valence-corrected chi connectivity index (χ1v) is 7.33. The highest BCUT2D eigenvalue weighted by atomic mass is 32.2. The van der Waals surface area contributed by atoms with Gasteiger partial charge >= 0.3 is 5.97 Å². The maximum Gasteiger partial charge on any atom is 0.323 e. The van der Waals surface area contributed by atoms with Crippen LogP contribution < -0.4 is 0 Å². The minimum absolute atomic E-state index is 0.268. The first kappa shape index (κ1) is 12.8. The third-order valence-corrected chi connectivity index (χ3v) is 4.99. The van der Waals surface area contributed by atoms with E-state index in [9.17, 15) is 13.2 Å². The summed E-state index contributed by atoms with van der Waals surface area (Å²) in [6.45, 7) is 3.78. The fourth-order valence-corrected chi connectivity index (χ4v) is 4.27. The molecule has 0 aliphatic carbocycles. The molecule has 7 heteroatoms. The Morgan fingerprint density at radius 2 is 2.07 bits per heavy atom. The Morgan fingerprint density at radius 3 is 2.40 bits per heavy atom. The summed E-state index contributed by atoms with van der Waals surface area (Å²) in [6.07, 6.45) is 1.05. The molecular formula is C8H15NO4S2. The van der Waals surface area contributed by atoms with Crippen molar-refractivity contribution in [3.63, 3.8) is 0 Å². The molecule has 0 spiro atoms.